The number of aliphatic hydroxyl groups is 1. The molecule has 1 heterocycles. The maximum absolute atomic E-state index is 12.8. The number of amides is 1. The van der Waals surface area contributed by atoms with Crippen LogP contribution in [0.2, 0.25) is 0 Å². The summed E-state index contributed by atoms with van der Waals surface area (Å²) in [4.78, 5) is 12.2. The van der Waals surface area contributed by atoms with Crippen LogP contribution in [0.4, 0.5) is 4.39 Å². The number of rotatable bonds is 7. The molecule has 1 aromatic carbocycles. The fraction of sp³-hybridized carbons (Fsp3) is 0.412. The maximum Gasteiger partial charge on any atom is 0.244 e. The summed E-state index contributed by atoms with van der Waals surface area (Å²) in [5, 5.41) is 16.8. The van der Waals surface area contributed by atoms with E-state index in [0.717, 1.165) is 11.4 Å². The Labute approximate surface area is 140 Å². The number of aryl methyl sites for hydroxylation is 2. The predicted molar refractivity (Wildman–Crippen MR) is 87.3 cm³/mol. The van der Waals surface area contributed by atoms with Gasteiger partial charge < -0.3 is 15.2 Å². The molecule has 0 aliphatic heterocycles. The van der Waals surface area contributed by atoms with Crippen LogP contribution in [-0.2, 0) is 4.79 Å². The van der Waals surface area contributed by atoms with Crippen molar-refractivity contribution in [3.63, 3.8) is 0 Å². The number of hydrogen-bond donors (Lipinski definition) is 2. The standard InChI is InChI=1S/C17H22FN3O3/c1-11-8-12(2)21(20-11)13(3)17(23)19-9-15(22)10-24-16-6-4-14(18)5-7-16/h4-8,13,15,22H,9-10H2,1-3H3,(H,19,23). The molecule has 2 atom stereocenters. The fourth-order valence-electron chi connectivity index (χ4n) is 2.30. The van der Waals surface area contributed by atoms with Gasteiger partial charge in [-0.1, -0.05) is 0 Å². The van der Waals surface area contributed by atoms with Gasteiger partial charge in [-0.15, -0.1) is 0 Å². The van der Waals surface area contributed by atoms with Crippen molar-refractivity contribution in [3.8, 4) is 5.75 Å². The Bertz CT molecular complexity index is 685. The van der Waals surface area contributed by atoms with Crippen LogP contribution in [0.3, 0.4) is 0 Å². The molecule has 130 valence electrons. The van der Waals surface area contributed by atoms with Gasteiger partial charge >= 0.3 is 0 Å². The largest absolute Gasteiger partial charge is 0.491 e. The second-order valence-corrected chi connectivity index (χ2v) is 5.71. The molecule has 0 aliphatic rings. The van der Waals surface area contributed by atoms with Crippen molar-refractivity contribution in [2.75, 3.05) is 13.2 Å². The van der Waals surface area contributed by atoms with Crippen LogP contribution >= 0.6 is 0 Å². The first-order valence-electron chi connectivity index (χ1n) is 7.73. The number of hydrogen-bond acceptors (Lipinski definition) is 4. The van der Waals surface area contributed by atoms with Gasteiger partial charge in [-0.2, -0.15) is 5.10 Å². The Morgan fingerprint density at radius 3 is 2.62 bits per heavy atom. The Morgan fingerprint density at radius 1 is 1.38 bits per heavy atom. The van der Waals surface area contributed by atoms with Crippen LogP contribution in [0.15, 0.2) is 30.3 Å². The lowest BCUT2D eigenvalue weighted by Crippen LogP contribution is -2.39. The molecule has 24 heavy (non-hydrogen) atoms. The molecule has 7 heteroatoms. The highest BCUT2D eigenvalue weighted by Crippen LogP contribution is 2.12. The summed E-state index contributed by atoms with van der Waals surface area (Å²) in [5.74, 6) is -0.131. The molecule has 2 unspecified atom stereocenters. The lowest BCUT2D eigenvalue weighted by Gasteiger charge is -2.17. The van der Waals surface area contributed by atoms with Crippen LogP contribution in [-0.4, -0.2) is 40.0 Å². The van der Waals surface area contributed by atoms with E-state index in [1.54, 1.807) is 11.6 Å². The molecule has 0 aliphatic carbocycles. The minimum absolute atomic E-state index is 0.000198. The number of nitrogens with zero attached hydrogens (tertiary/aromatic N) is 2. The predicted octanol–water partition coefficient (Wildman–Crippen LogP) is 1.76. The highest BCUT2D eigenvalue weighted by atomic mass is 19.1. The molecule has 1 amide bonds. The highest BCUT2D eigenvalue weighted by molar-refractivity contribution is 5.79. The van der Waals surface area contributed by atoms with Gasteiger partial charge in [0.25, 0.3) is 0 Å². The molecule has 0 saturated heterocycles. The zero-order valence-electron chi connectivity index (χ0n) is 14.0. The van der Waals surface area contributed by atoms with Crippen molar-refractivity contribution in [2.24, 2.45) is 0 Å². The molecule has 2 aromatic rings. The second-order valence-electron chi connectivity index (χ2n) is 5.71. The van der Waals surface area contributed by atoms with Crippen molar-refractivity contribution in [2.45, 2.75) is 32.9 Å². The third-order valence-corrected chi connectivity index (χ3v) is 3.56. The van der Waals surface area contributed by atoms with Crippen LogP contribution in [0.1, 0.15) is 24.4 Å². The summed E-state index contributed by atoms with van der Waals surface area (Å²) in [6, 6.07) is 6.94. The van der Waals surface area contributed by atoms with Gasteiger partial charge in [0.15, 0.2) is 0 Å². The van der Waals surface area contributed by atoms with Crippen molar-refractivity contribution in [1.29, 1.82) is 0 Å². The summed E-state index contributed by atoms with van der Waals surface area (Å²) in [7, 11) is 0. The van der Waals surface area contributed by atoms with Gasteiger partial charge in [-0.3, -0.25) is 9.48 Å². The van der Waals surface area contributed by atoms with Gasteiger partial charge in [-0.25, -0.2) is 4.39 Å². The fourth-order valence-corrected chi connectivity index (χ4v) is 2.30. The molecule has 2 rings (SSSR count). The molecule has 0 radical (unpaired) electrons. The third-order valence-electron chi connectivity index (χ3n) is 3.56. The second kappa shape index (κ2) is 7.92. The number of ether oxygens (including phenoxy) is 1. The monoisotopic (exact) mass is 335 g/mol. The Balaban J connectivity index is 1.78. The van der Waals surface area contributed by atoms with E-state index in [2.05, 4.69) is 10.4 Å². The van der Waals surface area contributed by atoms with E-state index in [9.17, 15) is 14.3 Å². The first-order chi connectivity index (χ1) is 11.4. The summed E-state index contributed by atoms with van der Waals surface area (Å²) < 4.78 is 19.8. The van der Waals surface area contributed by atoms with Crippen molar-refractivity contribution in [1.82, 2.24) is 15.1 Å². The number of halogens is 1. The number of carbonyl (C=O) groups is 1. The number of carbonyl (C=O) groups excluding carboxylic acids is 1. The average Bonchev–Trinajstić information content (AvgIpc) is 2.89. The summed E-state index contributed by atoms with van der Waals surface area (Å²) >= 11 is 0. The molecule has 0 saturated carbocycles. The molecule has 0 bridgehead atoms. The van der Waals surface area contributed by atoms with Crippen molar-refractivity contribution >= 4 is 5.91 Å². The first-order valence-corrected chi connectivity index (χ1v) is 7.73. The molecule has 1 aromatic heterocycles. The molecule has 0 fully saturated rings. The maximum atomic E-state index is 12.8. The van der Waals surface area contributed by atoms with Crippen molar-refractivity contribution in [3.05, 3.63) is 47.5 Å². The lowest BCUT2D eigenvalue weighted by molar-refractivity contribution is -0.124. The van der Waals surface area contributed by atoms with Crippen LogP contribution < -0.4 is 10.1 Å². The minimum Gasteiger partial charge on any atom is -0.491 e. The van der Waals surface area contributed by atoms with E-state index in [1.807, 2.05) is 19.9 Å². The molecule has 6 nitrogen and oxygen atoms in total. The number of aliphatic hydroxyl groups excluding tert-OH is 1. The Hall–Kier alpha value is -2.41. The molecular formula is C17H22FN3O3. The van der Waals surface area contributed by atoms with Crippen LogP contribution in [0, 0.1) is 19.7 Å². The SMILES string of the molecule is Cc1cc(C)n(C(C)C(=O)NCC(O)COc2ccc(F)cc2)n1. The van der Waals surface area contributed by atoms with Gasteiger partial charge in [0.2, 0.25) is 5.91 Å². The van der Waals surface area contributed by atoms with Gasteiger partial charge in [-0.05, 0) is 51.1 Å². The van der Waals surface area contributed by atoms with Gasteiger partial charge in [0, 0.05) is 12.2 Å². The van der Waals surface area contributed by atoms with Crippen molar-refractivity contribution < 1.29 is 19.0 Å². The van der Waals surface area contributed by atoms with Crippen LogP contribution in [0.25, 0.3) is 0 Å². The highest BCUT2D eigenvalue weighted by Gasteiger charge is 2.18. The van der Waals surface area contributed by atoms with E-state index < -0.39 is 12.1 Å². The zero-order chi connectivity index (χ0) is 17.7. The summed E-state index contributed by atoms with van der Waals surface area (Å²) in [5.41, 5.74) is 1.75. The zero-order valence-corrected chi connectivity index (χ0v) is 14.0. The van der Waals surface area contributed by atoms with Gasteiger partial charge in [0.1, 0.15) is 30.3 Å². The topological polar surface area (TPSA) is 76.4 Å². The summed E-state index contributed by atoms with van der Waals surface area (Å²) in [6.45, 7) is 5.56. The molecule has 0 spiro atoms. The van der Waals surface area contributed by atoms with Gasteiger partial charge in [0.05, 0.1) is 5.69 Å². The van der Waals surface area contributed by atoms with Crippen LogP contribution in [0.5, 0.6) is 5.75 Å². The van der Waals surface area contributed by atoms with E-state index in [-0.39, 0.29) is 24.9 Å². The van der Waals surface area contributed by atoms with E-state index >= 15 is 0 Å². The smallest absolute Gasteiger partial charge is 0.244 e. The minimum atomic E-state index is -0.869. The van der Waals surface area contributed by atoms with E-state index in [0.29, 0.717) is 5.75 Å². The quantitative estimate of drug-likeness (QED) is 0.808. The Morgan fingerprint density at radius 2 is 2.04 bits per heavy atom. The normalized spacial score (nSPS) is 13.4. The molecule has 2 N–H and O–H groups in total. The average molecular weight is 335 g/mol. The van der Waals surface area contributed by atoms with E-state index in [4.69, 9.17) is 4.74 Å². The summed E-state index contributed by atoms with van der Waals surface area (Å²) in [6.07, 6.45) is -0.869. The Kier molecular flexibility index (Phi) is 5.92. The lowest BCUT2D eigenvalue weighted by atomic mass is 10.3. The number of benzene rings is 1. The number of aromatic nitrogens is 2. The first kappa shape index (κ1) is 17.9. The van der Waals surface area contributed by atoms with E-state index in [1.165, 1.54) is 24.3 Å². The number of nitrogens with one attached hydrogen (secondary N) is 1. The third kappa shape index (κ3) is 4.79. The molecular weight excluding hydrogens is 313 g/mol.